The summed E-state index contributed by atoms with van der Waals surface area (Å²) in [6.07, 6.45) is 4.91. The highest BCUT2D eigenvalue weighted by Crippen LogP contribution is 2.30. The first-order valence-electron chi connectivity index (χ1n) is 11.8. The number of hydrogen-bond acceptors (Lipinski definition) is 6. The van der Waals surface area contributed by atoms with Crippen LogP contribution in [0, 0.1) is 6.92 Å². The maximum Gasteiger partial charge on any atom is 0.407 e. The molecule has 7 nitrogen and oxygen atoms in total. The first-order valence-corrected chi connectivity index (χ1v) is 11.8. The summed E-state index contributed by atoms with van der Waals surface area (Å²) in [6.45, 7) is 7.87. The lowest BCUT2D eigenvalue weighted by Crippen LogP contribution is -2.32. The van der Waals surface area contributed by atoms with Gasteiger partial charge in [0.1, 0.15) is 29.2 Å². The molecule has 1 heterocycles. The molecule has 0 fully saturated rings. The molecule has 0 atom stereocenters. The van der Waals surface area contributed by atoms with E-state index in [4.69, 9.17) is 9.47 Å². The van der Waals surface area contributed by atoms with Crippen molar-refractivity contribution in [1.82, 2.24) is 15.3 Å². The second-order valence-corrected chi connectivity index (χ2v) is 9.30. The second kappa shape index (κ2) is 10.9. The Kier molecular flexibility index (Phi) is 7.49. The smallest absolute Gasteiger partial charge is 0.407 e. The normalized spacial score (nSPS) is 11.4. The number of carbonyl (C=O) groups excluding carboxylic acids is 1. The van der Waals surface area contributed by atoms with Gasteiger partial charge in [-0.2, -0.15) is 0 Å². The van der Waals surface area contributed by atoms with Gasteiger partial charge in [0.15, 0.2) is 0 Å². The Morgan fingerprint density at radius 1 is 1.00 bits per heavy atom. The molecule has 36 heavy (non-hydrogen) atoms. The minimum Gasteiger partial charge on any atom is -0.457 e. The number of aryl methyl sites for hydroxylation is 1. The zero-order valence-corrected chi connectivity index (χ0v) is 20.9. The van der Waals surface area contributed by atoms with Gasteiger partial charge in [-0.3, -0.25) is 0 Å². The van der Waals surface area contributed by atoms with Gasteiger partial charge in [0.05, 0.1) is 5.52 Å². The Morgan fingerprint density at radius 3 is 2.56 bits per heavy atom. The number of nitrogens with one attached hydrogen (secondary N) is 2. The summed E-state index contributed by atoms with van der Waals surface area (Å²) < 4.78 is 11.2. The van der Waals surface area contributed by atoms with Crippen LogP contribution in [0.1, 0.15) is 31.9 Å². The van der Waals surface area contributed by atoms with Gasteiger partial charge in [-0.15, -0.1) is 0 Å². The van der Waals surface area contributed by atoms with Crippen molar-refractivity contribution in [1.29, 1.82) is 0 Å². The Hall–Kier alpha value is -4.39. The molecule has 0 aliphatic heterocycles. The van der Waals surface area contributed by atoms with Crippen molar-refractivity contribution < 1.29 is 14.3 Å². The predicted octanol–water partition coefficient (Wildman–Crippen LogP) is 7.01. The lowest BCUT2D eigenvalue weighted by Gasteiger charge is -2.19. The van der Waals surface area contributed by atoms with E-state index in [1.54, 1.807) is 6.33 Å². The first-order chi connectivity index (χ1) is 17.3. The molecule has 1 amide bonds. The van der Waals surface area contributed by atoms with Crippen molar-refractivity contribution in [3.63, 3.8) is 0 Å². The number of amides is 1. The summed E-state index contributed by atoms with van der Waals surface area (Å²) in [5, 5.41) is 7.02. The molecule has 7 heteroatoms. The maximum atomic E-state index is 11.8. The third-order valence-electron chi connectivity index (χ3n) is 5.14. The molecule has 184 valence electrons. The largest absolute Gasteiger partial charge is 0.457 e. The molecule has 0 spiro atoms. The van der Waals surface area contributed by atoms with E-state index in [9.17, 15) is 4.79 Å². The predicted molar refractivity (Wildman–Crippen MR) is 144 cm³/mol. The van der Waals surface area contributed by atoms with Crippen LogP contribution in [0.4, 0.5) is 16.3 Å². The highest BCUT2D eigenvalue weighted by atomic mass is 16.6. The van der Waals surface area contributed by atoms with Crippen LogP contribution >= 0.6 is 0 Å². The fraction of sp³-hybridized carbons (Fsp3) is 0.207. The van der Waals surface area contributed by atoms with Crippen LogP contribution in [0.3, 0.4) is 0 Å². The number of para-hydroxylation sites is 1. The zero-order chi connectivity index (χ0) is 25.5. The summed E-state index contributed by atoms with van der Waals surface area (Å²) in [5.41, 5.74) is 3.17. The van der Waals surface area contributed by atoms with Crippen molar-refractivity contribution in [3.8, 4) is 11.5 Å². The average Bonchev–Trinajstić information content (AvgIpc) is 2.83. The molecule has 0 bridgehead atoms. The number of ether oxygens (including phenoxy) is 2. The molecular formula is C29H30N4O3. The molecule has 0 aliphatic rings. The number of benzene rings is 3. The van der Waals surface area contributed by atoms with Gasteiger partial charge in [0.25, 0.3) is 0 Å². The van der Waals surface area contributed by atoms with E-state index >= 15 is 0 Å². The van der Waals surface area contributed by atoms with E-state index in [-0.39, 0.29) is 0 Å². The van der Waals surface area contributed by atoms with Gasteiger partial charge in [0.2, 0.25) is 0 Å². The SMILES string of the molecule is Cc1cc(Nc2ncnc3ccc(C=CCNC(=O)OC(C)(C)C)cc23)ccc1Oc1ccccc1. The summed E-state index contributed by atoms with van der Waals surface area (Å²) in [5.74, 6) is 2.30. The molecule has 0 saturated heterocycles. The quantitative estimate of drug-likeness (QED) is 0.295. The Morgan fingerprint density at radius 2 is 1.81 bits per heavy atom. The van der Waals surface area contributed by atoms with Gasteiger partial charge in [-0.25, -0.2) is 14.8 Å². The average molecular weight is 483 g/mol. The summed E-state index contributed by atoms with van der Waals surface area (Å²) >= 11 is 0. The van der Waals surface area contributed by atoms with Crippen LogP contribution in [-0.4, -0.2) is 28.2 Å². The van der Waals surface area contributed by atoms with E-state index < -0.39 is 11.7 Å². The Balaban J connectivity index is 1.46. The second-order valence-electron chi connectivity index (χ2n) is 9.30. The number of aromatic nitrogens is 2. The highest BCUT2D eigenvalue weighted by Gasteiger charge is 2.15. The molecule has 1 aromatic heterocycles. The van der Waals surface area contributed by atoms with Crippen molar-refractivity contribution in [2.45, 2.75) is 33.3 Å². The van der Waals surface area contributed by atoms with Crippen LogP contribution < -0.4 is 15.4 Å². The number of alkyl carbamates (subject to hydrolysis) is 1. The van der Waals surface area contributed by atoms with Crippen molar-refractivity contribution in [2.75, 3.05) is 11.9 Å². The van der Waals surface area contributed by atoms with E-state index in [2.05, 4.69) is 20.6 Å². The molecule has 3 aromatic carbocycles. The molecule has 0 aliphatic carbocycles. The summed E-state index contributed by atoms with van der Waals surface area (Å²) in [7, 11) is 0. The van der Waals surface area contributed by atoms with Crippen LogP contribution in [0.2, 0.25) is 0 Å². The van der Waals surface area contributed by atoms with Gasteiger partial charge in [-0.1, -0.05) is 36.4 Å². The maximum absolute atomic E-state index is 11.8. The topological polar surface area (TPSA) is 85.4 Å². The summed E-state index contributed by atoms with van der Waals surface area (Å²) in [4.78, 5) is 20.7. The van der Waals surface area contributed by atoms with Crippen LogP contribution in [0.25, 0.3) is 17.0 Å². The van der Waals surface area contributed by atoms with Crippen LogP contribution in [0.15, 0.2) is 79.1 Å². The molecule has 2 N–H and O–H groups in total. The van der Waals surface area contributed by atoms with Crippen molar-refractivity contribution >= 4 is 34.6 Å². The van der Waals surface area contributed by atoms with Gasteiger partial charge < -0.3 is 20.1 Å². The zero-order valence-electron chi connectivity index (χ0n) is 20.9. The molecule has 4 rings (SSSR count). The number of fused-ring (bicyclic) bond motifs is 1. The minimum absolute atomic E-state index is 0.361. The van der Waals surface area contributed by atoms with E-state index in [0.717, 1.165) is 39.2 Å². The first kappa shape index (κ1) is 24.7. The van der Waals surface area contributed by atoms with Crippen molar-refractivity contribution in [2.24, 2.45) is 0 Å². The fourth-order valence-electron chi connectivity index (χ4n) is 3.52. The number of rotatable bonds is 7. The highest BCUT2D eigenvalue weighted by molar-refractivity contribution is 5.92. The van der Waals surface area contributed by atoms with Gasteiger partial charge in [-0.05, 0) is 81.3 Å². The molecule has 0 unspecified atom stereocenters. The Bertz CT molecular complexity index is 1380. The van der Waals surface area contributed by atoms with E-state index in [0.29, 0.717) is 12.4 Å². The molecule has 0 saturated carbocycles. The third-order valence-corrected chi connectivity index (χ3v) is 5.14. The minimum atomic E-state index is -0.524. The standard InChI is InChI=1S/C29H30N4O3/c1-20-17-22(13-15-26(20)35-23-10-6-5-7-11-23)33-27-24-18-21(12-14-25(24)31-19-32-27)9-8-16-30-28(34)36-29(2,3)4/h5-15,17-19H,16H2,1-4H3,(H,30,34)(H,31,32,33). The number of anilines is 2. The molecular weight excluding hydrogens is 452 g/mol. The van der Waals surface area contributed by atoms with E-state index in [1.807, 2.05) is 107 Å². The van der Waals surface area contributed by atoms with Crippen molar-refractivity contribution in [3.05, 3.63) is 90.3 Å². The lowest BCUT2D eigenvalue weighted by atomic mass is 10.1. The van der Waals surface area contributed by atoms with Gasteiger partial charge >= 0.3 is 6.09 Å². The van der Waals surface area contributed by atoms with Gasteiger partial charge in [0, 0.05) is 17.6 Å². The van der Waals surface area contributed by atoms with Crippen LogP contribution in [-0.2, 0) is 4.74 Å². The van der Waals surface area contributed by atoms with E-state index in [1.165, 1.54) is 0 Å². The number of hydrogen-bond donors (Lipinski definition) is 2. The monoisotopic (exact) mass is 482 g/mol. The number of nitrogens with zero attached hydrogens (tertiary/aromatic N) is 2. The molecule has 4 aromatic rings. The van der Waals surface area contributed by atoms with Crippen LogP contribution in [0.5, 0.6) is 11.5 Å². The summed E-state index contributed by atoms with van der Waals surface area (Å²) in [6, 6.07) is 21.6. The Labute approximate surface area is 211 Å². The number of carbonyl (C=O) groups is 1. The lowest BCUT2D eigenvalue weighted by molar-refractivity contribution is 0.0534. The third kappa shape index (κ3) is 6.82. The molecule has 0 radical (unpaired) electrons. The fourth-order valence-corrected chi connectivity index (χ4v) is 3.52.